The summed E-state index contributed by atoms with van der Waals surface area (Å²) in [5.41, 5.74) is 0.472. The Balaban J connectivity index is 2.49. The van der Waals surface area contributed by atoms with E-state index in [0.29, 0.717) is 17.9 Å². The van der Waals surface area contributed by atoms with Crippen LogP contribution in [0.1, 0.15) is 20.8 Å². The van der Waals surface area contributed by atoms with Crippen LogP contribution >= 0.6 is 0 Å². The van der Waals surface area contributed by atoms with Crippen molar-refractivity contribution in [3.8, 4) is 11.4 Å². The summed E-state index contributed by atoms with van der Waals surface area (Å²) in [7, 11) is -3.67. The summed E-state index contributed by atoms with van der Waals surface area (Å²) in [6.45, 7) is 6.18. The zero-order chi connectivity index (χ0) is 14.0. The number of rotatable bonds is 5. The molecule has 2 heterocycles. The Labute approximate surface area is 112 Å². The molecule has 0 unspecified atom stereocenters. The van der Waals surface area contributed by atoms with Gasteiger partial charge in [0.15, 0.2) is 0 Å². The highest BCUT2D eigenvalue weighted by Crippen LogP contribution is 2.27. The first kappa shape index (κ1) is 13.8. The minimum absolute atomic E-state index is 0.0953. The Kier molecular flexibility index (Phi) is 3.77. The first-order valence-corrected chi connectivity index (χ1v) is 7.55. The summed E-state index contributed by atoms with van der Waals surface area (Å²) in [6, 6.07) is 1.41. The van der Waals surface area contributed by atoms with Gasteiger partial charge in [0.1, 0.15) is 5.82 Å². The van der Waals surface area contributed by atoms with Crippen molar-refractivity contribution >= 4 is 10.0 Å². The summed E-state index contributed by atoms with van der Waals surface area (Å²) in [4.78, 5) is 4.19. The molecule has 0 aromatic carbocycles. The summed E-state index contributed by atoms with van der Waals surface area (Å²) in [6.07, 6.45) is 4.80. The molecule has 19 heavy (non-hydrogen) atoms. The van der Waals surface area contributed by atoms with Gasteiger partial charge in [-0.2, -0.15) is 0 Å². The lowest BCUT2D eigenvalue weighted by atomic mass is 10.3. The van der Waals surface area contributed by atoms with Crippen molar-refractivity contribution < 1.29 is 12.8 Å². The Bertz CT molecular complexity index is 655. The van der Waals surface area contributed by atoms with Crippen LogP contribution < -0.4 is 4.72 Å². The van der Waals surface area contributed by atoms with Crippen molar-refractivity contribution in [2.75, 3.05) is 0 Å². The molecule has 0 bridgehead atoms. The largest absolute Gasteiger partial charge is 0.451 e. The standard InChI is InChI=1S/C12H17N3O3S/c1-4-15-7-6-13-11(15)10-5-8-18-12(10)19(16,17)14-9(2)3/h5-9,14H,4H2,1-3H3. The van der Waals surface area contributed by atoms with Crippen LogP contribution in [0.2, 0.25) is 0 Å². The highest BCUT2D eigenvalue weighted by atomic mass is 32.2. The van der Waals surface area contributed by atoms with Gasteiger partial charge in [-0.05, 0) is 26.8 Å². The molecule has 0 fully saturated rings. The fourth-order valence-electron chi connectivity index (χ4n) is 1.84. The second kappa shape index (κ2) is 5.18. The van der Waals surface area contributed by atoms with E-state index in [2.05, 4.69) is 9.71 Å². The van der Waals surface area contributed by atoms with Crippen molar-refractivity contribution in [1.82, 2.24) is 14.3 Å². The van der Waals surface area contributed by atoms with E-state index in [4.69, 9.17) is 4.42 Å². The molecule has 2 aromatic rings. The number of aryl methyl sites for hydroxylation is 1. The van der Waals surface area contributed by atoms with E-state index < -0.39 is 10.0 Å². The Morgan fingerprint density at radius 3 is 2.84 bits per heavy atom. The maximum atomic E-state index is 12.2. The van der Waals surface area contributed by atoms with Gasteiger partial charge in [0.05, 0.1) is 11.8 Å². The van der Waals surface area contributed by atoms with Gasteiger partial charge in [-0.1, -0.05) is 0 Å². The topological polar surface area (TPSA) is 77.1 Å². The molecule has 2 aromatic heterocycles. The summed E-state index contributed by atoms with van der Waals surface area (Å²) in [5.74, 6) is 0.584. The molecule has 0 atom stereocenters. The summed E-state index contributed by atoms with van der Waals surface area (Å²) in [5, 5.41) is -0.0953. The quantitative estimate of drug-likeness (QED) is 0.908. The van der Waals surface area contributed by atoms with Gasteiger partial charge >= 0.3 is 0 Å². The highest BCUT2D eigenvalue weighted by Gasteiger charge is 2.25. The van der Waals surface area contributed by atoms with Crippen LogP contribution in [0.3, 0.4) is 0 Å². The lowest BCUT2D eigenvalue weighted by molar-refractivity contribution is 0.444. The number of aromatic nitrogens is 2. The highest BCUT2D eigenvalue weighted by molar-refractivity contribution is 7.89. The third-order valence-electron chi connectivity index (χ3n) is 2.56. The average Bonchev–Trinajstić information content (AvgIpc) is 2.95. The lowest BCUT2D eigenvalue weighted by Gasteiger charge is -2.09. The smallest absolute Gasteiger partial charge is 0.274 e. The van der Waals surface area contributed by atoms with Crippen LogP contribution in [0.5, 0.6) is 0 Å². The van der Waals surface area contributed by atoms with E-state index in [0.717, 1.165) is 0 Å². The molecule has 0 aliphatic rings. The zero-order valence-corrected chi connectivity index (χ0v) is 11.9. The van der Waals surface area contributed by atoms with Gasteiger partial charge in [-0.3, -0.25) is 0 Å². The van der Waals surface area contributed by atoms with Gasteiger partial charge in [0, 0.05) is 25.0 Å². The summed E-state index contributed by atoms with van der Waals surface area (Å²) >= 11 is 0. The van der Waals surface area contributed by atoms with Crippen molar-refractivity contribution in [1.29, 1.82) is 0 Å². The average molecular weight is 283 g/mol. The van der Waals surface area contributed by atoms with E-state index in [1.54, 1.807) is 32.3 Å². The number of nitrogens with zero attached hydrogens (tertiary/aromatic N) is 2. The van der Waals surface area contributed by atoms with Crippen molar-refractivity contribution in [3.63, 3.8) is 0 Å². The van der Waals surface area contributed by atoms with Gasteiger partial charge in [0.25, 0.3) is 10.0 Å². The fraction of sp³-hybridized carbons (Fsp3) is 0.417. The van der Waals surface area contributed by atoms with E-state index in [1.807, 2.05) is 11.5 Å². The van der Waals surface area contributed by atoms with E-state index in [9.17, 15) is 8.42 Å². The van der Waals surface area contributed by atoms with Gasteiger partial charge < -0.3 is 8.98 Å². The third kappa shape index (κ3) is 2.71. The Morgan fingerprint density at radius 2 is 2.21 bits per heavy atom. The van der Waals surface area contributed by atoms with Crippen LogP contribution in [-0.2, 0) is 16.6 Å². The molecule has 0 aliphatic heterocycles. The minimum atomic E-state index is -3.67. The van der Waals surface area contributed by atoms with Crippen LogP contribution in [0.25, 0.3) is 11.4 Å². The fourth-order valence-corrected chi connectivity index (χ4v) is 3.20. The van der Waals surface area contributed by atoms with Crippen molar-refractivity contribution in [2.24, 2.45) is 0 Å². The minimum Gasteiger partial charge on any atom is -0.451 e. The molecule has 0 aliphatic carbocycles. The maximum absolute atomic E-state index is 12.2. The molecule has 2 rings (SSSR count). The number of hydrogen-bond acceptors (Lipinski definition) is 4. The molecule has 0 radical (unpaired) electrons. The lowest BCUT2D eigenvalue weighted by Crippen LogP contribution is -2.30. The Morgan fingerprint density at radius 1 is 1.47 bits per heavy atom. The number of imidazole rings is 1. The molecule has 0 amide bonds. The number of nitrogens with one attached hydrogen (secondary N) is 1. The van der Waals surface area contributed by atoms with E-state index in [1.165, 1.54) is 6.26 Å². The second-order valence-electron chi connectivity index (χ2n) is 4.43. The zero-order valence-electron chi connectivity index (χ0n) is 11.1. The molecule has 7 heteroatoms. The van der Waals surface area contributed by atoms with Crippen LogP contribution in [0.4, 0.5) is 0 Å². The molecule has 0 saturated heterocycles. The predicted molar refractivity (Wildman–Crippen MR) is 71.1 cm³/mol. The van der Waals surface area contributed by atoms with Crippen molar-refractivity contribution in [3.05, 3.63) is 24.7 Å². The number of sulfonamides is 1. The molecular weight excluding hydrogens is 266 g/mol. The monoisotopic (exact) mass is 283 g/mol. The molecule has 6 nitrogen and oxygen atoms in total. The molecular formula is C12H17N3O3S. The van der Waals surface area contributed by atoms with E-state index in [-0.39, 0.29) is 11.1 Å². The predicted octanol–water partition coefficient (Wildman–Crippen LogP) is 1.85. The molecule has 0 spiro atoms. The first-order valence-electron chi connectivity index (χ1n) is 6.07. The van der Waals surface area contributed by atoms with E-state index >= 15 is 0 Å². The number of hydrogen-bond donors (Lipinski definition) is 1. The normalized spacial score (nSPS) is 12.2. The van der Waals surface area contributed by atoms with Crippen LogP contribution in [0, 0.1) is 0 Å². The summed E-state index contributed by atoms with van der Waals surface area (Å²) < 4.78 is 33.9. The van der Waals surface area contributed by atoms with Crippen molar-refractivity contribution in [2.45, 2.75) is 38.5 Å². The SMILES string of the molecule is CCn1ccnc1-c1ccoc1S(=O)(=O)NC(C)C. The third-order valence-corrected chi connectivity index (χ3v) is 4.15. The first-order chi connectivity index (χ1) is 8.95. The Hall–Kier alpha value is -1.60. The second-order valence-corrected chi connectivity index (χ2v) is 6.05. The molecule has 104 valence electrons. The van der Waals surface area contributed by atoms with Crippen LogP contribution in [0.15, 0.2) is 34.2 Å². The van der Waals surface area contributed by atoms with Crippen LogP contribution in [-0.4, -0.2) is 24.0 Å². The molecule has 0 saturated carbocycles. The van der Waals surface area contributed by atoms with Gasteiger partial charge in [-0.15, -0.1) is 0 Å². The molecule has 1 N–H and O–H groups in total. The maximum Gasteiger partial charge on any atom is 0.274 e. The number of furan rings is 1. The van der Waals surface area contributed by atoms with Gasteiger partial charge in [0.2, 0.25) is 5.09 Å². The van der Waals surface area contributed by atoms with Gasteiger partial charge in [-0.25, -0.2) is 18.1 Å².